The van der Waals surface area contributed by atoms with Crippen molar-refractivity contribution in [2.45, 2.75) is 30.7 Å². The summed E-state index contributed by atoms with van der Waals surface area (Å²) in [6.07, 6.45) is 0. The van der Waals surface area contributed by atoms with Crippen LogP contribution in [0, 0.1) is 0 Å². The molecule has 0 heterocycles. The molecule has 0 aliphatic rings. The van der Waals surface area contributed by atoms with Gasteiger partial charge in [-0.15, -0.1) is 11.6 Å². The number of sulfonamides is 1. The van der Waals surface area contributed by atoms with Crippen LogP contribution >= 0.6 is 23.2 Å². The molecule has 0 atom stereocenters. The predicted molar refractivity (Wildman–Crippen MR) is 71.1 cm³/mol. The Morgan fingerprint density at radius 1 is 1.35 bits per heavy atom. The standard InChI is InChI=1S/C11H15Cl2NO2S/c1-8(2)14(3)17(15,16)10-4-5-11(13)9(6-10)7-12/h4-6,8H,7H2,1-3H3. The zero-order valence-electron chi connectivity index (χ0n) is 9.94. The molecule has 0 aliphatic heterocycles. The number of alkyl halides is 1. The lowest BCUT2D eigenvalue weighted by atomic mass is 10.2. The maximum atomic E-state index is 12.2. The lowest BCUT2D eigenvalue weighted by Crippen LogP contribution is -2.33. The average molecular weight is 296 g/mol. The second kappa shape index (κ2) is 5.57. The first-order valence-corrected chi connectivity index (χ1v) is 7.48. The molecule has 0 saturated carbocycles. The number of benzene rings is 1. The molecule has 0 unspecified atom stereocenters. The summed E-state index contributed by atoms with van der Waals surface area (Å²) in [6.45, 7) is 3.63. The number of halogens is 2. The van der Waals surface area contributed by atoms with Crippen LogP contribution in [0.15, 0.2) is 23.1 Å². The zero-order valence-corrected chi connectivity index (χ0v) is 12.3. The van der Waals surface area contributed by atoms with E-state index in [9.17, 15) is 8.42 Å². The van der Waals surface area contributed by atoms with E-state index in [0.717, 1.165) is 0 Å². The van der Waals surface area contributed by atoms with Crippen molar-refractivity contribution in [2.75, 3.05) is 7.05 Å². The van der Waals surface area contributed by atoms with E-state index in [1.54, 1.807) is 13.1 Å². The molecule has 1 aromatic rings. The van der Waals surface area contributed by atoms with Crippen molar-refractivity contribution in [2.24, 2.45) is 0 Å². The van der Waals surface area contributed by atoms with Gasteiger partial charge in [0.2, 0.25) is 10.0 Å². The Hall–Kier alpha value is -0.290. The van der Waals surface area contributed by atoms with Crippen molar-refractivity contribution < 1.29 is 8.42 Å². The SMILES string of the molecule is CC(C)N(C)S(=O)(=O)c1ccc(Cl)c(CCl)c1. The minimum atomic E-state index is -3.47. The minimum absolute atomic E-state index is 0.102. The van der Waals surface area contributed by atoms with Gasteiger partial charge < -0.3 is 0 Å². The first kappa shape index (κ1) is 14.8. The molecule has 96 valence electrons. The molecule has 6 heteroatoms. The Balaban J connectivity index is 3.25. The van der Waals surface area contributed by atoms with Crippen LogP contribution in [0.3, 0.4) is 0 Å². The van der Waals surface area contributed by atoms with Crippen LogP contribution in [0.5, 0.6) is 0 Å². The van der Waals surface area contributed by atoms with Gasteiger partial charge in [0.25, 0.3) is 0 Å². The fourth-order valence-corrected chi connectivity index (χ4v) is 3.15. The first-order chi connectivity index (χ1) is 7.80. The van der Waals surface area contributed by atoms with Crippen LogP contribution in [0.4, 0.5) is 0 Å². The summed E-state index contributed by atoms with van der Waals surface area (Å²) < 4.78 is 25.7. The van der Waals surface area contributed by atoms with Gasteiger partial charge in [-0.25, -0.2) is 8.42 Å². The zero-order chi connectivity index (χ0) is 13.2. The van der Waals surface area contributed by atoms with E-state index in [-0.39, 0.29) is 16.8 Å². The number of hydrogen-bond acceptors (Lipinski definition) is 2. The quantitative estimate of drug-likeness (QED) is 0.801. The third-order valence-corrected chi connectivity index (χ3v) is 5.25. The largest absolute Gasteiger partial charge is 0.243 e. The fourth-order valence-electron chi connectivity index (χ4n) is 1.26. The lowest BCUT2D eigenvalue weighted by Gasteiger charge is -2.21. The maximum Gasteiger partial charge on any atom is 0.243 e. The Labute approximate surface area is 112 Å². The van der Waals surface area contributed by atoms with Gasteiger partial charge in [-0.05, 0) is 37.6 Å². The van der Waals surface area contributed by atoms with E-state index >= 15 is 0 Å². The van der Waals surface area contributed by atoms with Gasteiger partial charge in [0.1, 0.15) is 0 Å². The number of hydrogen-bond donors (Lipinski definition) is 0. The van der Waals surface area contributed by atoms with Crippen molar-refractivity contribution >= 4 is 33.2 Å². The van der Waals surface area contributed by atoms with Crippen LogP contribution in [-0.2, 0) is 15.9 Å². The summed E-state index contributed by atoms with van der Waals surface area (Å²) in [5.74, 6) is 0.188. The maximum absolute atomic E-state index is 12.2. The van der Waals surface area contributed by atoms with Crippen LogP contribution in [0.25, 0.3) is 0 Å². The van der Waals surface area contributed by atoms with E-state index in [1.165, 1.54) is 16.4 Å². The third-order valence-electron chi connectivity index (χ3n) is 2.57. The van der Waals surface area contributed by atoms with E-state index in [0.29, 0.717) is 10.6 Å². The van der Waals surface area contributed by atoms with Crippen LogP contribution in [0.2, 0.25) is 5.02 Å². The smallest absolute Gasteiger partial charge is 0.207 e. The molecule has 0 amide bonds. The van der Waals surface area contributed by atoms with Crippen molar-refractivity contribution in [3.05, 3.63) is 28.8 Å². The van der Waals surface area contributed by atoms with Crippen molar-refractivity contribution in [1.82, 2.24) is 4.31 Å². The second-order valence-corrected chi connectivity index (χ2v) is 6.67. The summed E-state index contributed by atoms with van der Waals surface area (Å²) in [5, 5.41) is 0.478. The van der Waals surface area contributed by atoms with Gasteiger partial charge in [0.15, 0.2) is 0 Å². The van der Waals surface area contributed by atoms with Gasteiger partial charge in [-0.1, -0.05) is 11.6 Å². The molecule has 1 aromatic carbocycles. The summed E-state index contributed by atoms with van der Waals surface area (Å²) in [5.41, 5.74) is 0.617. The Bertz CT molecular complexity index is 500. The molecule has 0 aromatic heterocycles. The Morgan fingerprint density at radius 3 is 2.41 bits per heavy atom. The Kier molecular flexibility index (Phi) is 4.84. The minimum Gasteiger partial charge on any atom is -0.207 e. The van der Waals surface area contributed by atoms with Gasteiger partial charge in [-0.3, -0.25) is 0 Å². The van der Waals surface area contributed by atoms with Gasteiger partial charge in [0.05, 0.1) is 4.90 Å². The highest BCUT2D eigenvalue weighted by atomic mass is 35.5. The molecule has 0 fully saturated rings. The molecule has 17 heavy (non-hydrogen) atoms. The van der Waals surface area contributed by atoms with Gasteiger partial charge in [0, 0.05) is 24.0 Å². The van der Waals surface area contributed by atoms with Crippen molar-refractivity contribution in [1.29, 1.82) is 0 Å². The summed E-state index contributed by atoms with van der Waals surface area (Å²) >= 11 is 11.6. The van der Waals surface area contributed by atoms with Crippen LogP contribution in [-0.4, -0.2) is 25.8 Å². The average Bonchev–Trinajstić information content (AvgIpc) is 2.28. The highest BCUT2D eigenvalue weighted by Crippen LogP contribution is 2.24. The lowest BCUT2D eigenvalue weighted by molar-refractivity contribution is 0.410. The molecule has 0 saturated heterocycles. The molecule has 0 N–H and O–H groups in total. The van der Waals surface area contributed by atoms with Crippen molar-refractivity contribution in [3.8, 4) is 0 Å². The van der Waals surface area contributed by atoms with E-state index < -0.39 is 10.0 Å². The van der Waals surface area contributed by atoms with Gasteiger partial charge >= 0.3 is 0 Å². The summed E-state index contributed by atoms with van der Waals surface area (Å²) in [7, 11) is -1.92. The number of nitrogens with zero attached hydrogens (tertiary/aromatic N) is 1. The molecule has 1 rings (SSSR count). The molecular formula is C11H15Cl2NO2S. The molecule has 0 spiro atoms. The summed E-state index contributed by atoms with van der Waals surface area (Å²) in [6, 6.07) is 4.46. The molecule has 3 nitrogen and oxygen atoms in total. The monoisotopic (exact) mass is 295 g/mol. The Morgan fingerprint density at radius 2 is 1.94 bits per heavy atom. The number of rotatable bonds is 4. The van der Waals surface area contributed by atoms with E-state index in [1.807, 2.05) is 13.8 Å². The normalized spacial score (nSPS) is 12.4. The first-order valence-electron chi connectivity index (χ1n) is 5.13. The van der Waals surface area contributed by atoms with Crippen LogP contribution in [0.1, 0.15) is 19.4 Å². The molecule has 0 aliphatic carbocycles. The molecular weight excluding hydrogens is 281 g/mol. The third kappa shape index (κ3) is 3.13. The van der Waals surface area contributed by atoms with E-state index in [2.05, 4.69) is 0 Å². The van der Waals surface area contributed by atoms with Crippen LogP contribution < -0.4 is 0 Å². The molecule has 0 radical (unpaired) electrons. The topological polar surface area (TPSA) is 37.4 Å². The predicted octanol–water partition coefficient (Wildman–Crippen LogP) is 3.11. The second-order valence-electron chi connectivity index (χ2n) is 4.00. The fraction of sp³-hybridized carbons (Fsp3) is 0.455. The highest BCUT2D eigenvalue weighted by molar-refractivity contribution is 7.89. The van der Waals surface area contributed by atoms with Crippen molar-refractivity contribution in [3.63, 3.8) is 0 Å². The molecule has 0 bridgehead atoms. The van der Waals surface area contributed by atoms with E-state index in [4.69, 9.17) is 23.2 Å². The van der Waals surface area contributed by atoms with Gasteiger partial charge in [-0.2, -0.15) is 4.31 Å². The summed E-state index contributed by atoms with van der Waals surface area (Å²) in [4.78, 5) is 0.216. The highest BCUT2D eigenvalue weighted by Gasteiger charge is 2.23.